The third-order valence-electron chi connectivity index (χ3n) is 6.56. The largest absolute Gasteiger partial charge is 0.356 e. The van der Waals surface area contributed by atoms with Crippen LogP contribution in [0, 0.1) is 0 Å². The van der Waals surface area contributed by atoms with E-state index in [0.29, 0.717) is 11.4 Å². The SMILES string of the molecule is O=C1C2Cc3c([nH]c4ccccc34)C(c3ccccc3S(=O)(=O)O)N2C(=O)N1c1ccccc1. The van der Waals surface area contributed by atoms with Crippen molar-refractivity contribution in [3.05, 3.63) is 95.7 Å². The predicted octanol–water partition coefficient (Wildman–Crippen LogP) is 3.90. The summed E-state index contributed by atoms with van der Waals surface area (Å²) in [6, 6.07) is 20.0. The molecule has 6 rings (SSSR count). The number of hydrogen-bond donors (Lipinski definition) is 2. The van der Waals surface area contributed by atoms with Crippen LogP contribution < -0.4 is 4.90 Å². The number of carbonyl (C=O) groups excluding carboxylic acids is 2. The summed E-state index contributed by atoms with van der Waals surface area (Å²) >= 11 is 0. The molecule has 1 aromatic heterocycles. The van der Waals surface area contributed by atoms with Gasteiger partial charge in [-0.25, -0.2) is 9.69 Å². The Morgan fingerprint density at radius 1 is 0.882 bits per heavy atom. The lowest BCUT2D eigenvalue weighted by atomic mass is 9.89. The van der Waals surface area contributed by atoms with Crippen LogP contribution in [0.5, 0.6) is 0 Å². The van der Waals surface area contributed by atoms with Crippen LogP contribution in [-0.4, -0.2) is 40.8 Å². The lowest BCUT2D eigenvalue weighted by Gasteiger charge is -2.36. The molecular formula is C25H19N3O5S. The Morgan fingerprint density at radius 2 is 1.56 bits per heavy atom. The van der Waals surface area contributed by atoms with Crippen LogP contribution in [0.2, 0.25) is 0 Å². The van der Waals surface area contributed by atoms with E-state index in [-0.39, 0.29) is 22.8 Å². The maximum atomic E-state index is 13.7. The number of hydrogen-bond acceptors (Lipinski definition) is 4. The number of H-pyrrole nitrogens is 1. The van der Waals surface area contributed by atoms with Gasteiger partial charge in [0.25, 0.3) is 16.0 Å². The number of aromatic nitrogens is 1. The number of urea groups is 1. The first kappa shape index (κ1) is 20.6. The van der Waals surface area contributed by atoms with E-state index in [1.807, 2.05) is 24.3 Å². The molecule has 0 aliphatic carbocycles. The van der Waals surface area contributed by atoms with Gasteiger partial charge in [0.2, 0.25) is 0 Å². The average Bonchev–Trinajstić information content (AvgIpc) is 3.32. The maximum absolute atomic E-state index is 13.7. The molecule has 2 aliphatic heterocycles. The molecule has 34 heavy (non-hydrogen) atoms. The average molecular weight is 474 g/mol. The first-order chi connectivity index (χ1) is 16.4. The van der Waals surface area contributed by atoms with Gasteiger partial charge in [-0.3, -0.25) is 14.2 Å². The molecule has 4 aromatic rings. The summed E-state index contributed by atoms with van der Waals surface area (Å²) in [5.74, 6) is -0.374. The molecule has 2 unspecified atom stereocenters. The van der Waals surface area contributed by atoms with E-state index >= 15 is 0 Å². The van der Waals surface area contributed by atoms with Crippen molar-refractivity contribution in [1.29, 1.82) is 0 Å². The van der Waals surface area contributed by atoms with Gasteiger partial charge in [-0.1, -0.05) is 54.6 Å². The van der Waals surface area contributed by atoms with Crippen molar-refractivity contribution >= 4 is 38.6 Å². The molecular weight excluding hydrogens is 454 g/mol. The zero-order chi connectivity index (χ0) is 23.6. The van der Waals surface area contributed by atoms with Crippen LogP contribution >= 0.6 is 0 Å². The molecule has 0 bridgehead atoms. The molecule has 2 N–H and O–H groups in total. The minimum Gasteiger partial charge on any atom is -0.356 e. The molecule has 0 radical (unpaired) electrons. The minimum atomic E-state index is -4.59. The molecule has 3 amide bonds. The van der Waals surface area contributed by atoms with Gasteiger partial charge in [0, 0.05) is 28.6 Å². The number of para-hydroxylation sites is 2. The van der Waals surface area contributed by atoms with E-state index in [0.717, 1.165) is 21.4 Å². The Morgan fingerprint density at radius 3 is 2.32 bits per heavy atom. The van der Waals surface area contributed by atoms with Gasteiger partial charge in [-0.15, -0.1) is 0 Å². The summed E-state index contributed by atoms with van der Waals surface area (Å²) in [6.45, 7) is 0. The van der Waals surface area contributed by atoms with Crippen LogP contribution in [-0.2, 0) is 21.3 Å². The summed E-state index contributed by atoms with van der Waals surface area (Å²) in [7, 11) is -4.59. The minimum absolute atomic E-state index is 0.221. The Bertz CT molecular complexity index is 1580. The van der Waals surface area contributed by atoms with Crippen molar-refractivity contribution in [2.45, 2.75) is 23.4 Å². The molecule has 2 atom stereocenters. The number of carbonyl (C=O) groups is 2. The lowest BCUT2D eigenvalue weighted by molar-refractivity contribution is -0.120. The molecule has 1 saturated heterocycles. The Labute approximate surface area is 195 Å². The number of imide groups is 1. The summed E-state index contributed by atoms with van der Waals surface area (Å²) in [5, 5.41) is 0.907. The Balaban J connectivity index is 1.62. The highest BCUT2D eigenvalue weighted by molar-refractivity contribution is 7.85. The van der Waals surface area contributed by atoms with Crippen molar-refractivity contribution in [3.63, 3.8) is 0 Å². The van der Waals surface area contributed by atoms with Crippen molar-refractivity contribution in [2.24, 2.45) is 0 Å². The number of nitrogens with one attached hydrogen (secondary N) is 1. The summed E-state index contributed by atoms with van der Waals surface area (Å²) < 4.78 is 34.5. The molecule has 9 heteroatoms. The van der Waals surface area contributed by atoms with Gasteiger partial charge in [0.05, 0.1) is 10.6 Å². The number of aromatic amines is 1. The van der Waals surface area contributed by atoms with Gasteiger partial charge in [0.1, 0.15) is 12.1 Å². The number of amides is 3. The second-order valence-corrected chi connectivity index (χ2v) is 9.79. The maximum Gasteiger partial charge on any atom is 0.332 e. The van der Waals surface area contributed by atoms with Gasteiger partial charge in [0.15, 0.2) is 0 Å². The fourth-order valence-electron chi connectivity index (χ4n) is 5.16. The highest BCUT2D eigenvalue weighted by Crippen LogP contribution is 2.46. The zero-order valence-corrected chi connectivity index (χ0v) is 18.6. The smallest absolute Gasteiger partial charge is 0.332 e. The van der Waals surface area contributed by atoms with Crippen LogP contribution in [0.25, 0.3) is 10.9 Å². The van der Waals surface area contributed by atoms with Gasteiger partial charge < -0.3 is 4.98 Å². The summed E-state index contributed by atoms with van der Waals surface area (Å²) in [5.41, 5.74) is 2.97. The number of anilines is 1. The van der Waals surface area contributed by atoms with Gasteiger partial charge in [-0.2, -0.15) is 8.42 Å². The van der Waals surface area contributed by atoms with E-state index < -0.39 is 28.2 Å². The number of fused-ring (bicyclic) bond motifs is 4. The third kappa shape index (κ3) is 2.91. The molecule has 1 fully saturated rings. The first-order valence-corrected chi connectivity index (χ1v) is 12.2. The Kier molecular flexibility index (Phi) is 4.42. The van der Waals surface area contributed by atoms with Gasteiger partial charge in [-0.05, 0) is 29.8 Å². The molecule has 0 spiro atoms. The standard InChI is InChI=1S/C25H19N3O5S/c29-24-20-14-18-16-10-4-6-12-19(16)26-22(18)23(17-11-5-7-13-21(17)34(31,32)33)28(20)25(30)27(24)15-8-2-1-3-9-15/h1-13,20,23,26H,14H2,(H,31,32,33). The molecule has 2 aliphatic rings. The molecule has 3 heterocycles. The number of rotatable bonds is 3. The molecule has 3 aromatic carbocycles. The van der Waals surface area contributed by atoms with Crippen molar-refractivity contribution in [1.82, 2.24) is 9.88 Å². The monoisotopic (exact) mass is 473 g/mol. The number of benzene rings is 3. The van der Waals surface area contributed by atoms with Gasteiger partial charge >= 0.3 is 6.03 Å². The van der Waals surface area contributed by atoms with E-state index in [4.69, 9.17) is 0 Å². The fourth-order valence-corrected chi connectivity index (χ4v) is 5.88. The second-order valence-electron chi connectivity index (χ2n) is 8.40. The first-order valence-electron chi connectivity index (χ1n) is 10.7. The molecule has 170 valence electrons. The van der Waals surface area contributed by atoms with E-state index in [1.165, 1.54) is 17.0 Å². The second kappa shape index (κ2) is 7.28. The predicted molar refractivity (Wildman–Crippen MR) is 125 cm³/mol. The molecule has 0 saturated carbocycles. The summed E-state index contributed by atoms with van der Waals surface area (Å²) in [6.07, 6.45) is 0.289. The topological polar surface area (TPSA) is 111 Å². The van der Waals surface area contributed by atoms with Crippen LogP contribution in [0.3, 0.4) is 0 Å². The number of nitrogens with zero attached hydrogens (tertiary/aromatic N) is 2. The fraction of sp³-hybridized carbons (Fsp3) is 0.120. The lowest BCUT2D eigenvalue weighted by Crippen LogP contribution is -2.44. The van der Waals surface area contributed by atoms with E-state index in [2.05, 4.69) is 4.98 Å². The van der Waals surface area contributed by atoms with Crippen molar-refractivity contribution in [3.8, 4) is 0 Å². The molecule has 8 nitrogen and oxygen atoms in total. The van der Waals surface area contributed by atoms with Crippen LogP contribution in [0.4, 0.5) is 10.5 Å². The van der Waals surface area contributed by atoms with Crippen LogP contribution in [0.15, 0.2) is 83.8 Å². The Hall–Kier alpha value is -3.95. The van der Waals surface area contributed by atoms with Crippen molar-refractivity contribution in [2.75, 3.05) is 4.90 Å². The normalized spacial score (nSPS) is 20.0. The third-order valence-corrected chi connectivity index (χ3v) is 7.48. The highest BCUT2D eigenvalue weighted by Gasteiger charge is 2.53. The quantitative estimate of drug-likeness (QED) is 0.346. The van der Waals surface area contributed by atoms with E-state index in [1.54, 1.807) is 42.5 Å². The summed E-state index contributed by atoms with van der Waals surface area (Å²) in [4.78, 5) is 32.9. The van der Waals surface area contributed by atoms with Crippen molar-refractivity contribution < 1.29 is 22.6 Å². The highest BCUT2D eigenvalue weighted by atomic mass is 32.2. The van der Waals surface area contributed by atoms with Crippen LogP contribution in [0.1, 0.15) is 22.9 Å². The van der Waals surface area contributed by atoms with E-state index in [9.17, 15) is 22.6 Å². The zero-order valence-electron chi connectivity index (χ0n) is 17.8.